The molecule has 1 unspecified atom stereocenters. The molecule has 0 spiro atoms. The minimum Gasteiger partial charge on any atom is -0.415 e. The zero-order valence-corrected chi connectivity index (χ0v) is 10.3. The first-order valence-corrected chi connectivity index (χ1v) is 9.69. The Morgan fingerprint density at radius 1 is 1.45 bits per heavy atom. The lowest BCUT2D eigenvalue weighted by molar-refractivity contribution is 0.316. The average molecular weight is 189 g/mol. The van der Waals surface area contributed by atoms with E-state index in [2.05, 4.69) is 26.2 Å². The summed E-state index contributed by atoms with van der Waals surface area (Å²) in [6.45, 7) is 8.85. The predicted molar refractivity (Wildman–Crippen MR) is 56.0 cm³/mol. The van der Waals surface area contributed by atoms with E-state index in [1.807, 2.05) is 6.08 Å². The van der Waals surface area contributed by atoms with E-state index in [-0.39, 0.29) is 9.52 Å². The monoisotopic (exact) mass is 189 g/mol. The summed E-state index contributed by atoms with van der Waals surface area (Å²) < 4.78 is 5.86. The maximum Gasteiger partial charge on any atom is 0.184 e. The molecule has 2 nitrogen and oxygen atoms in total. The summed E-state index contributed by atoms with van der Waals surface area (Å²) >= 11 is 0. The SMILES string of the molecule is C[SiH2]C(C=CN)O[Si](C)(C)C. The summed E-state index contributed by atoms with van der Waals surface area (Å²) in [6, 6.07) is 0. The number of nitrogens with two attached hydrogens (primary N) is 1. The summed E-state index contributed by atoms with van der Waals surface area (Å²) in [5.41, 5.74) is 5.65. The van der Waals surface area contributed by atoms with E-state index in [0.29, 0.717) is 5.73 Å². The second kappa shape index (κ2) is 4.74. The number of rotatable bonds is 4. The van der Waals surface area contributed by atoms with Crippen LogP contribution >= 0.6 is 0 Å². The van der Waals surface area contributed by atoms with Crippen LogP contribution in [0.25, 0.3) is 0 Å². The fourth-order valence-corrected chi connectivity index (χ4v) is 4.42. The summed E-state index contributed by atoms with van der Waals surface area (Å²) in [6.07, 6.45) is 3.58. The van der Waals surface area contributed by atoms with Crippen LogP contribution in [0.15, 0.2) is 12.3 Å². The molecule has 0 aromatic heterocycles. The van der Waals surface area contributed by atoms with Crippen molar-refractivity contribution in [2.24, 2.45) is 5.73 Å². The Morgan fingerprint density at radius 2 is 2.00 bits per heavy atom. The molecule has 0 rings (SSSR count). The topological polar surface area (TPSA) is 35.2 Å². The maximum absolute atomic E-state index is 5.86. The van der Waals surface area contributed by atoms with Crippen LogP contribution in [0.2, 0.25) is 26.2 Å². The van der Waals surface area contributed by atoms with Gasteiger partial charge in [-0.15, -0.1) is 0 Å². The Bertz CT molecular complexity index is 131. The summed E-state index contributed by atoms with van der Waals surface area (Å²) in [5, 5.41) is 0. The molecule has 0 aliphatic heterocycles. The van der Waals surface area contributed by atoms with Crippen molar-refractivity contribution in [1.29, 1.82) is 0 Å². The minimum atomic E-state index is -1.35. The molecular weight excluding hydrogens is 170 g/mol. The highest BCUT2D eigenvalue weighted by Crippen LogP contribution is 2.07. The van der Waals surface area contributed by atoms with Crippen molar-refractivity contribution in [3.8, 4) is 0 Å². The lowest BCUT2D eigenvalue weighted by atomic mass is 10.6. The van der Waals surface area contributed by atoms with E-state index in [9.17, 15) is 0 Å². The predicted octanol–water partition coefficient (Wildman–Crippen LogP) is 0.853. The molecule has 0 heterocycles. The molecule has 0 amide bonds. The van der Waals surface area contributed by atoms with Crippen molar-refractivity contribution in [3.63, 3.8) is 0 Å². The molecule has 2 N–H and O–H groups in total. The van der Waals surface area contributed by atoms with Crippen molar-refractivity contribution in [2.75, 3.05) is 0 Å². The Labute approximate surface area is 72.8 Å². The van der Waals surface area contributed by atoms with Gasteiger partial charge < -0.3 is 10.2 Å². The molecule has 1 atom stereocenters. The van der Waals surface area contributed by atoms with Gasteiger partial charge >= 0.3 is 0 Å². The van der Waals surface area contributed by atoms with Crippen molar-refractivity contribution < 1.29 is 4.43 Å². The first kappa shape index (κ1) is 10.9. The van der Waals surface area contributed by atoms with Crippen LogP contribution in [-0.4, -0.2) is 23.6 Å². The molecule has 66 valence electrons. The molecule has 0 saturated heterocycles. The van der Waals surface area contributed by atoms with E-state index in [1.54, 1.807) is 6.20 Å². The summed E-state index contributed by atoms with van der Waals surface area (Å²) in [4.78, 5) is 0. The molecule has 0 aliphatic carbocycles. The lowest BCUT2D eigenvalue weighted by Crippen LogP contribution is -2.33. The van der Waals surface area contributed by atoms with E-state index >= 15 is 0 Å². The smallest absolute Gasteiger partial charge is 0.184 e. The van der Waals surface area contributed by atoms with E-state index in [0.717, 1.165) is 0 Å². The van der Waals surface area contributed by atoms with Gasteiger partial charge in [0.1, 0.15) is 0 Å². The van der Waals surface area contributed by atoms with Crippen molar-refractivity contribution in [3.05, 3.63) is 12.3 Å². The highest BCUT2D eigenvalue weighted by atomic mass is 28.4. The second-order valence-corrected chi connectivity index (χ2v) is 9.64. The molecular formula is C7H19NOSi2. The fourth-order valence-electron chi connectivity index (χ4n) is 0.837. The normalized spacial score (nSPS) is 16.7. The minimum absolute atomic E-state index is 0.117. The zero-order chi connectivity index (χ0) is 8.91. The average Bonchev–Trinajstić information content (AvgIpc) is 1.84. The van der Waals surface area contributed by atoms with E-state index < -0.39 is 8.32 Å². The Balaban J connectivity index is 3.88. The van der Waals surface area contributed by atoms with Crippen molar-refractivity contribution in [2.45, 2.75) is 31.9 Å². The van der Waals surface area contributed by atoms with Gasteiger partial charge in [0.25, 0.3) is 0 Å². The van der Waals surface area contributed by atoms with Crippen LogP contribution in [0.4, 0.5) is 0 Å². The first-order valence-electron chi connectivity index (χ1n) is 4.06. The lowest BCUT2D eigenvalue weighted by Gasteiger charge is -2.22. The summed E-state index contributed by atoms with van der Waals surface area (Å²) in [7, 11) is -1.47. The molecule has 0 radical (unpaired) electrons. The van der Waals surface area contributed by atoms with Crippen LogP contribution in [0.1, 0.15) is 0 Å². The largest absolute Gasteiger partial charge is 0.415 e. The van der Waals surface area contributed by atoms with Gasteiger partial charge in [0, 0.05) is 5.73 Å². The van der Waals surface area contributed by atoms with Gasteiger partial charge in [0.15, 0.2) is 8.32 Å². The van der Waals surface area contributed by atoms with Crippen molar-refractivity contribution >= 4 is 17.8 Å². The third-order valence-electron chi connectivity index (χ3n) is 1.23. The maximum atomic E-state index is 5.86. The molecule has 0 aliphatic rings. The van der Waals surface area contributed by atoms with Gasteiger partial charge in [-0.1, -0.05) is 6.55 Å². The summed E-state index contributed by atoms with van der Waals surface area (Å²) in [5.74, 6) is 0. The molecule has 4 heteroatoms. The van der Waals surface area contributed by atoms with Gasteiger partial charge in [-0.05, 0) is 31.9 Å². The number of hydrogen-bond donors (Lipinski definition) is 1. The van der Waals surface area contributed by atoms with Gasteiger partial charge in [-0.25, -0.2) is 0 Å². The molecule has 0 aromatic carbocycles. The second-order valence-electron chi connectivity index (χ2n) is 3.56. The Hall–Kier alpha value is -0.0662. The highest BCUT2D eigenvalue weighted by Gasteiger charge is 2.17. The third kappa shape index (κ3) is 6.34. The molecule has 0 saturated carbocycles. The first-order chi connectivity index (χ1) is 4.99. The molecule has 0 bridgehead atoms. The Morgan fingerprint density at radius 3 is 2.27 bits per heavy atom. The zero-order valence-electron chi connectivity index (χ0n) is 7.92. The molecule has 11 heavy (non-hydrogen) atoms. The van der Waals surface area contributed by atoms with Crippen LogP contribution in [0.5, 0.6) is 0 Å². The standard InChI is InChI=1S/C7H19NOSi2/c1-10-7(5-6-8)9-11(2,3)4/h5-7H,8,10H2,1-4H3. The molecule has 0 aromatic rings. The van der Waals surface area contributed by atoms with Crippen LogP contribution in [0, 0.1) is 0 Å². The van der Waals surface area contributed by atoms with Gasteiger partial charge in [-0.2, -0.15) is 0 Å². The van der Waals surface area contributed by atoms with Crippen LogP contribution < -0.4 is 5.73 Å². The van der Waals surface area contributed by atoms with Crippen molar-refractivity contribution in [1.82, 2.24) is 0 Å². The highest BCUT2D eigenvalue weighted by molar-refractivity contribution is 6.70. The quantitative estimate of drug-likeness (QED) is 0.666. The number of hydrogen-bond acceptors (Lipinski definition) is 2. The van der Waals surface area contributed by atoms with Gasteiger partial charge in [0.2, 0.25) is 0 Å². The fraction of sp³-hybridized carbons (Fsp3) is 0.714. The Kier molecular flexibility index (Phi) is 4.71. The van der Waals surface area contributed by atoms with Gasteiger partial charge in [-0.3, -0.25) is 0 Å². The molecule has 0 fully saturated rings. The van der Waals surface area contributed by atoms with E-state index in [4.69, 9.17) is 10.2 Å². The van der Waals surface area contributed by atoms with Crippen LogP contribution in [0.3, 0.4) is 0 Å². The third-order valence-corrected chi connectivity index (χ3v) is 3.82. The van der Waals surface area contributed by atoms with Gasteiger partial charge in [0.05, 0.1) is 9.52 Å². The van der Waals surface area contributed by atoms with E-state index in [1.165, 1.54) is 0 Å². The van der Waals surface area contributed by atoms with Crippen LogP contribution in [-0.2, 0) is 4.43 Å².